The average Bonchev–Trinajstić information content (AvgIpc) is 3.54. The van der Waals surface area contributed by atoms with Gasteiger partial charge < -0.3 is 14.2 Å². The van der Waals surface area contributed by atoms with Crippen LogP contribution in [0.25, 0.3) is 11.4 Å². The maximum absolute atomic E-state index is 13.6. The van der Waals surface area contributed by atoms with Crippen molar-refractivity contribution < 1.29 is 9.53 Å². The van der Waals surface area contributed by atoms with Gasteiger partial charge in [0.05, 0.1) is 18.2 Å². The molecule has 2 heterocycles. The Morgan fingerprint density at radius 1 is 1.03 bits per heavy atom. The van der Waals surface area contributed by atoms with Crippen molar-refractivity contribution in [1.82, 2.24) is 14.5 Å². The summed E-state index contributed by atoms with van der Waals surface area (Å²) in [6.07, 6.45) is 6.08. The third-order valence-electron chi connectivity index (χ3n) is 5.95. The Kier molecular flexibility index (Phi) is 4.68. The van der Waals surface area contributed by atoms with Crippen molar-refractivity contribution in [3.05, 3.63) is 78.1 Å². The third kappa shape index (κ3) is 3.58. The predicted molar refractivity (Wildman–Crippen MR) is 111 cm³/mol. The van der Waals surface area contributed by atoms with Gasteiger partial charge in [0, 0.05) is 31.5 Å². The zero-order valence-corrected chi connectivity index (χ0v) is 16.6. The zero-order chi connectivity index (χ0) is 19.8. The lowest BCUT2D eigenvalue weighted by molar-refractivity contribution is -0.0863. The van der Waals surface area contributed by atoms with E-state index in [9.17, 15) is 4.79 Å². The SMILES string of the molecule is Cn1ccnc1-c1ccccc1C(=O)N1C[C@@H](c2ccccc2)O[C@@H](C2CC2)C1. The first kappa shape index (κ1) is 18.1. The molecule has 1 amide bonds. The molecular weight excluding hydrogens is 362 g/mol. The molecule has 2 atom stereocenters. The summed E-state index contributed by atoms with van der Waals surface area (Å²) in [6, 6.07) is 18.0. The first-order chi connectivity index (χ1) is 14.2. The van der Waals surface area contributed by atoms with Gasteiger partial charge in [0.25, 0.3) is 5.91 Å². The summed E-state index contributed by atoms with van der Waals surface area (Å²) in [5.74, 6) is 1.43. The minimum Gasteiger partial charge on any atom is -0.366 e. The number of nitrogens with zero attached hydrogens (tertiary/aromatic N) is 3. The number of amides is 1. The normalized spacial score (nSPS) is 21.9. The number of ether oxygens (including phenoxy) is 1. The van der Waals surface area contributed by atoms with Crippen LogP contribution in [0.15, 0.2) is 67.0 Å². The van der Waals surface area contributed by atoms with Gasteiger partial charge in [0.15, 0.2) is 0 Å². The molecule has 0 spiro atoms. The van der Waals surface area contributed by atoms with E-state index in [4.69, 9.17) is 4.74 Å². The van der Waals surface area contributed by atoms with Crippen LogP contribution in [0.1, 0.15) is 34.9 Å². The topological polar surface area (TPSA) is 47.4 Å². The molecular formula is C24H25N3O2. The van der Waals surface area contributed by atoms with E-state index in [1.54, 1.807) is 6.20 Å². The highest BCUT2D eigenvalue weighted by molar-refractivity contribution is 6.00. The molecule has 0 radical (unpaired) electrons. The first-order valence-electron chi connectivity index (χ1n) is 10.3. The van der Waals surface area contributed by atoms with Gasteiger partial charge in [-0.2, -0.15) is 0 Å². The van der Waals surface area contributed by atoms with Crippen molar-refractivity contribution in [1.29, 1.82) is 0 Å². The van der Waals surface area contributed by atoms with Gasteiger partial charge in [-0.1, -0.05) is 48.5 Å². The Balaban J connectivity index is 1.47. The minimum atomic E-state index is -0.0835. The Morgan fingerprint density at radius 3 is 2.52 bits per heavy atom. The van der Waals surface area contributed by atoms with Crippen LogP contribution in [0.3, 0.4) is 0 Å². The number of hydrogen-bond donors (Lipinski definition) is 0. The molecule has 0 N–H and O–H groups in total. The fourth-order valence-electron chi connectivity index (χ4n) is 4.19. The van der Waals surface area contributed by atoms with Gasteiger partial charge in [-0.25, -0.2) is 4.98 Å². The number of carbonyl (C=O) groups is 1. The molecule has 2 aromatic carbocycles. The maximum atomic E-state index is 13.6. The summed E-state index contributed by atoms with van der Waals surface area (Å²) in [5, 5.41) is 0. The third-order valence-corrected chi connectivity index (χ3v) is 5.95. The Morgan fingerprint density at radius 2 is 1.79 bits per heavy atom. The molecule has 2 fully saturated rings. The lowest BCUT2D eigenvalue weighted by Gasteiger charge is -2.39. The van der Waals surface area contributed by atoms with E-state index in [1.807, 2.05) is 65.2 Å². The molecule has 1 aliphatic carbocycles. The van der Waals surface area contributed by atoms with Gasteiger partial charge in [-0.3, -0.25) is 4.79 Å². The minimum absolute atomic E-state index is 0.0541. The summed E-state index contributed by atoms with van der Waals surface area (Å²) in [4.78, 5) is 20.1. The van der Waals surface area contributed by atoms with Crippen molar-refractivity contribution in [2.45, 2.75) is 25.0 Å². The number of aryl methyl sites for hydroxylation is 1. The molecule has 148 valence electrons. The molecule has 0 unspecified atom stereocenters. The van der Waals surface area contributed by atoms with E-state index in [2.05, 4.69) is 17.1 Å². The largest absolute Gasteiger partial charge is 0.366 e. The summed E-state index contributed by atoms with van der Waals surface area (Å²) >= 11 is 0. The monoisotopic (exact) mass is 387 g/mol. The van der Waals surface area contributed by atoms with Crippen molar-refractivity contribution >= 4 is 5.91 Å². The predicted octanol–water partition coefficient (Wildman–Crippen LogP) is 4.08. The fraction of sp³-hybridized carbons (Fsp3) is 0.333. The van der Waals surface area contributed by atoms with E-state index >= 15 is 0 Å². The zero-order valence-electron chi connectivity index (χ0n) is 16.6. The summed E-state index contributed by atoms with van der Waals surface area (Å²) in [6.45, 7) is 1.22. The molecule has 1 aromatic heterocycles. The fourth-order valence-corrected chi connectivity index (χ4v) is 4.19. The highest BCUT2D eigenvalue weighted by Gasteiger charge is 2.40. The molecule has 29 heavy (non-hydrogen) atoms. The van der Waals surface area contributed by atoms with Gasteiger partial charge in [-0.05, 0) is 30.4 Å². The highest BCUT2D eigenvalue weighted by atomic mass is 16.5. The molecule has 5 nitrogen and oxygen atoms in total. The number of imidazole rings is 1. The summed E-state index contributed by atoms with van der Waals surface area (Å²) in [7, 11) is 1.95. The molecule has 1 saturated heterocycles. The Hall–Kier alpha value is -2.92. The van der Waals surface area contributed by atoms with E-state index in [-0.39, 0.29) is 18.1 Å². The molecule has 2 aliphatic rings. The maximum Gasteiger partial charge on any atom is 0.254 e. The van der Waals surface area contributed by atoms with Crippen LogP contribution in [0.5, 0.6) is 0 Å². The van der Waals surface area contributed by atoms with Crippen LogP contribution in [0, 0.1) is 5.92 Å². The van der Waals surface area contributed by atoms with Gasteiger partial charge in [0.1, 0.15) is 11.9 Å². The molecule has 0 bridgehead atoms. The average molecular weight is 387 g/mol. The van der Waals surface area contributed by atoms with E-state index < -0.39 is 0 Å². The number of rotatable bonds is 4. The van der Waals surface area contributed by atoms with Gasteiger partial charge >= 0.3 is 0 Å². The smallest absolute Gasteiger partial charge is 0.254 e. The second kappa shape index (κ2) is 7.48. The van der Waals surface area contributed by atoms with Crippen LogP contribution >= 0.6 is 0 Å². The van der Waals surface area contributed by atoms with Crippen LogP contribution in [0.4, 0.5) is 0 Å². The lowest BCUT2D eigenvalue weighted by atomic mass is 10.0. The van der Waals surface area contributed by atoms with Crippen molar-refractivity contribution in [3.63, 3.8) is 0 Å². The molecule has 1 saturated carbocycles. The number of carbonyl (C=O) groups excluding carboxylic acids is 1. The van der Waals surface area contributed by atoms with E-state index in [1.165, 1.54) is 12.8 Å². The van der Waals surface area contributed by atoms with Crippen molar-refractivity contribution in [2.75, 3.05) is 13.1 Å². The highest BCUT2D eigenvalue weighted by Crippen LogP contribution is 2.40. The molecule has 3 aromatic rings. The second-order valence-corrected chi connectivity index (χ2v) is 8.03. The Bertz CT molecular complexity index is 1010. The second-order valence-electron chi connectivity index (χ2n) is 8.03. The summed E-state index contributed by atoms with van der Waals surface area (Å²) < 4.78 is 8.37. The van der Waals surface area contributed by atoms with Crippen LogP contribution < -0.4 is 0 Å². The molecule has 5 heteroatoms. The van der Waals surface area contributed by atoms with Crippen molar-refractivity contribution in [3.8, 4) is 11.4 Å². The number of hydrogen-bond acceptors (Lipinski definition) is 3. The van der Waals surface area contributed by atoms with Crippen LogP contribution in [0.2, 0.25) is 0 Å². The Labute approximate surface area is 170 Å². The van der Waals surface area contributed by atoms with Crippen LogP contribution in [-0.2, 0) is 11.8 Å². The summed E-state index contributed by atoms with van der Waals surface area (Å²) in [5.41, 5.74) is 2.70. The number of morpholine rings is 1. The first-order valence-corrected chi connectivity index (χ1v) is 10.3. The van der Waals surface area contributed by atoms with Crippen molar-refractivity contribution in [2.24, 2.45) is 13.0 Å². The van der Waals surface area contributed by atoms with Gasteiger partial charge in [-0.15, -0.1) is 0 Å². The number of aromatic nitrogens is 2. The van der Waals surface area contributed by atoms with Gasteiger partial charge in [0.2, 0.25) is 0 Å². The molecule has 1 aliphatic heterocycles. The molecule has 5 rings (SSSR count). The quantitative estimate of drug-likeness (QED) is 0.678. The van der Waals surface area contributed by atoms with Crippen LogP contribution in [-0.4, -0.2) is 39.6 Å². The number of benzene rings is 2. The standard InChI is InChI=1S/C24H25N3O2/c1-26-14-13-25-23(26)19-9-5-6-10-20(19)24(28)27-15-21(17-7-3-2-4-8-17)29-22(16-27)18-11-12-18/h2-10,13-14,18,21-22H,11-12,15-16H2,1H3/t21-,22+/m0/s1. The van der Waals surface area contributed by atoms with E-state index in [0.717, 1.165) is 17.0 Å². The lowest BCUT2D eigenvalue weighted by Crippen LogP contribution is -2.47. The van der Waals surface area contributed by atoms with E-state index in [0.29, 0.717) is 24.6 Å².